The van der Waals surface area contributed by atoms with Gasteiger partial charge in [-0.05, 0) is 26.0 Å². The van der Waals surface area contributed by atoms with Gasteiger partial charge in [0.05, 0.1) is 17.2 Å². The van der Waals surface area contributed by atoms with Crippen LogP contribution in [0.2, 0.25) is 0 Å². The summed E-state index contributed by atoms with van der Waals surface area (Å²) in [5.41, 5.74) is 0.0686. The molecule has 0 aliphatic heterocycles. The normalized spacial score (nSPS) is 11.5. The monoisotopic (exact) mass is 395 g/mol. The first-order valence-corrected chi connectivity index (χ1v) is 9.06. The number of thioether (sulfide) groups is 1. The number of nitrogens with zero attached hydrogens (tertiary/aromatic N) is 1. The van der Waals surface area contributed by atoms with Gasteiger partial charge in [-0.15, -0.1) is 11.8 Å². The average molecular weight is 395 g/mol. The summed E-state index contributed by atoms with van der Waals surface area (Å²) in [5, 5.41) is 8.46. The molecule has 1 aromatic carbocycles. The van der Waals surface area contributed by atoms with Crippen molar-refractivity contribution in [2.75, 3.05) is 22.1 Å². The highest BCUT2D eigenvalue weighted by Crippen LogP contribution is 2.13. The van der Waals surface area contributed by atoms with E-state index in [2.05, 4.69) is 15.8 Å². The van der Waals surface area contributed by atoms with Crippen LogP contribution in [-0.4, -0.2) is 40.6 Å². The van der Waals surface area contributed by atoms with E-state index in [9.17, 15) is 18.8 Å². The molecule has 2 amide bonds. The summed E-state index contributed by atoms with van der Waals surface area (Å²) in [4.78, 5) is 35.4. The van der Waals surface area contributed by atoms with Crippen molar-refractivity contribution < 1.29 is 28.0 Å². The molecular weight excluding hydrogens is 377 g/mol. The first-order chi connectivity index (χ1) is 12.8. The molecule has 0 bridgehead atoms. The summed E-state index contributed by atoms with van der Waals surface area (Å²) in [7, 11) is 0. The second kappa shape index (κ2) is 9.72. The summed E-state index contributed by atoms with van der Waals surface area (Å²) in [6, 6.07) is 7.29. The lowest BCUT2D eigenvalue weighted by atomic mass is 10.3. The number of rotatable bonds is 8. The lowest BCUT2D eigenvalue weighted by Crippen LogP contribution is -2.30. The highest BCUT2D eigenvalue weighted by atomic mass is 32.2. The number of esters is 1. The Kier molecular flexibility index (Phi) is 7.35. The summed E-state index contributed by atoms with van der Waals surface area (Å²) in [6.45, 7) is 3.08. The zero-order valence-corrected chi connectivity index (χ0v) is 15.5. The minimum Gasteiger partial charge on any atom is -0.452 e. The number of nitrogens with one attached hydrogen (secondary N) is 2. The Morgan fingerprint density at radius 3 is 2.67 bits per heavy atom. The smallest absolute Gasteiger partial charge is 0.316 e. The number of amides is 2. The van der Waals surface area contributed by atoms with E-state index in [1.54, 1.807) is 13.0 Å². The molecular formula is C17H18FN3O5S. The van der Waals surface area contributed by atoms with Crippen molar-refractivity contribution in [1.29, 1.82) is 0 Å². The van der Waals surface area contributed by atoms with E-state index in [-0.39, 0.29) is 23.0 Å². The highest BCUT2D eigenvalue weighted by molar-refractivity contribution is 8.00. The summed E-state index contributed by atoms with van der Waals surface area (Å²) >= 11 is 0.987. The van der Waals surface area contributed by atoms with E-state index in [0.717, 1.165) is 11.8 Å². The molecule has 2 N–H and O–H groups in total. The molecule has 0 aliphatic carbocycles. The molecule has 0 aliphatic rings. The van der Waals surface area contributed by atoms with E-state index in [0.29, 0.717) is 5.76 Å². The predicted molar refractivity (Wildman–Crippen MR) is 97.8 cm³/mol. The lowest BCUT2D eigenvalue weighted by molar-refractivity contribution is -0.150. The van der Waals surface area contributed by atoms with E-state index < -0.39 is 29.7 Å². The van der Waals surface area contributed by atoms with Crippen LogP contribution in [0.5, 0.6) is 0 Å². The average Bonchev–Trinajstić information content (AvgIpc) is 3.01. The second-order valence-corrected chi connectivity index (χ2v) is 6.45. The van der Waals surface area contributed by atoms with Crippen LogP contribution in [0.15, 0.2) is 34.9 Å². The van der Waals surface area contributed by atoms with Gasteiger partial charge in [0.1, 0.15) is 11.6 Å². The number of para-hydroxylation sites is 1. The fourth-order valence-corrected chi connectivity index (χ4v) is 2.51. The van der Waals surface area contributed by atoms with Crippen molar-refractivity contribution in [2.45, 2.75) is 20.0 Å². The van der Waals surface area contributed by atoms with Gasteiger partial charge >= 0.3 is 5.97 Å². The van der Waals surface area contributed by atoms with Gasteiger partial charge in [0.15, 0.2) is 11.9 Å². The molecule has 10 heteroatoms. The minimum atomic E-state index is -1.04. The second-order valence-electron chi connectivity index (χ2n) is 5.46. The van der Waals surface area contributed by atoms with Crippen LogP contribution in [0.4, 0.5) is 15.9 Å². The van der Waals surface area contributed by atoms with Crippen molar-refractivity contribution in [2.24, 2.45) is 0 Å². The number of hydrogen-bond acceptors (Lipinski definition) is 7. The third-order valence-electron chi connectivity index (χ3n) is 3.16. The topological polar surface area (TPSA) is 111 Å². The van der Waals surface area contributed by atoms with Crippen molar-refractivity contribution in [3.05, 3.63) is 41.9 Å². The standard InChI is InChI=1S/C17H18FN3O5S/c1-10-7-14(21-26-10)20-17(24)11(2)25-16(23)9-27-8-15(22)19-13-6-4-3-5-12(13)18/h3-7,11H,8-9H2,1-2H3,(H,19,22)(H,20,21,24). The Bertz CT molecular complexity index is 826. The number of hydrogen-bond donors (Lipinski definition) is 2. The molecule has 27 heavy (non-hydrogen) atoms. The molecule has 2 aromatic rings. The minimum absolute atomic E-state index is 0.0672. The van der Waals surface area contributed by atoms with Gasteiger partial charge in [-0.3, -0.25) is 14.4 Å². The van der Waals surface area contributed by atoms with E-state index >= 15 is 0 Å². The zero-order valence-electron chi connectivity index (χ0n) is 14.7. The Hall–Kier alpha value is -2.88. The number of aromatic nitrogens is 1. The Morgan fingerprint density at radius 2 is 2.00 bits per heavy atom. The molecule has 0 saturated carbocycles. The number of carbonyl (C=O) groups excluding carboxylic acids is 3. The maximum Gasteiger partial charge on any atom is 0.316 e. The van der Waals surface area contributed by atoms with Crippen LogP contribution < -0.4 is 10.6 Å². The van der Waals surface area contributed by atoms with E-state index in [1.807, 2.05) is 0 Å². The van der Waals surface area contributed by atoms with Crippen molar-refractivity contribution in [1.82, 2.24) is 5.16 Å². The summed E-state index contributed by atoms with van der Waals surface area (Å²) in [6.07, 6.45) is -1.04. The maximum absolute atomic E-state index is 13.4. The van der Waals surface area contributed by atoms with Crippen LogP contribution in [-0.2, 0) is 19.1 Å². The number of ether oxygens (including phenoxy) is 1. The van der Waals surface area contributed by atoms with Crippen LogP contribution in [0.1, 0.15) is 12.7 Å². The molecule has 0 saturated heterocycles. The first kappa shape index (κ1) is 20.4. The zero-order chi connectivity index (χ0) is 19.8. The van der Waals surface area contributed by atoms with E-state index in [1.165, 1.54) is 31.2 Å². The molecule has 1 atom stereocenters. The van der Waals surface area contributed by atoms with Gasteiger partial charge in [0.25, 0.3) is 5.91 Å². The molecule has 1 aromatic heterocycles. The molecule has 0 fully saturated rings. The molecule has 2 rings (SSSR count). The third-order valence-corrected chi connectivity index (χ3v) is 4.06. The Morgan fingerprint density at radius 1 is 1.26 bits per heavy atom. The molecule has 144 valence electrons. The van der Waals surface area contributed by atoms with Gasteiger partial charge in [-0.1, -0.05) is 17.3 Å². The van der Waals surface area contributed by atoms with Crippen LogP contribution in [0, 0.1) is 12.7 Å². The highest BCUT2D eigenvalue weighted by Gasteiger charge is 2.19. The molecule has 8 nitrogen and oxygen atoms in total. The van der Waals surface area contributed by atoms with Gasteiger partial charge in [0, 0.05) is 6.07 Å². The number of carbonyl (C=O) groups is 3. The van der Waals surface area contributed by atoms with E-state index in [4.69, 9.17) is 9.26 Å². The Balaban J connectivity index is 1.68. The largest absolute Gasteiger partial charge is 0.452 e. The predicted octanol–water partition coefficient (Wildman–Crippen LogP) is 2.36. The van der Waals surface area contributed by atoms with Crippen LogP contribution >= 0.6 is 11.8 Å². The fraction of sp³-hybridized carbons (Fsp3) is 0.294. The van der Waals surface area contributed by atoms with Gasteiger partial charge in [0.2, 0.25) is 5.91 Å². The van der Waals surface area contributed by atoms with Crippen molar-refractivity contribution in [3.63, 3.8) is 0 Å². The van der Waals surface area contributed by atoms with Crippen LogP contribution in [0.3, 0.4) is 0 Å². The molecule has 0 spiro atoms. The number of benzene rings is 1. The molecule has 0 radical (unpaired) electrons. The van der Waals surface area contributed by atoms with Crippen LogP contribution in [0.25, 0.3) is 0 Å². The lowest BCUT2D eigenvalue weighted by Gasteiger charge is -2.12. The van der Waals surface area contributed by atoms with Gasteiger partial charge < -0.3 is 19.9 Å². The third kappa shape index (κ3) is 6.74. The summed E-state index contributed by atoms with van der Waals surface area (Å²) in [5.74, 6) is -1.66. The molecule has 1 unspecified atom stereocenters. The SMILES string of the molecule is Cc1cc(NC(=O)C(C)OC(=O)CSCC(=O)Nc2ccccc2F)no1. The van der Waals surface area contributed by atoms with Gasteiger partial charge in [-0.2, -0.15) is 0 Å². The van der Waals surface area contributed by atoms with Gasteiger partial charge in [-0.25, -0.2) is 4.39 Å². The number of halogens is 1. The Labute approximate surface area is 158 Å². The quantitative estimate of drug-likeness (QED) is 0.660. The number of aryl methyl sites for hydroxylation is 1. The summed E-state index contributed by atoms with van der Waals surface area (Å²) < 4.78 is 23.2. The van der Waals surface area contributed by atoms with Crippen molar-refractivity contribution in [3.8, 4) is 0 Å². The number of anilines is 2. The maximum atomic E-state index is 13.4. The molecule has 1 heterocycles. The van der Waals surface area contributed by atoms with Crippen molar-refractivity contribution >= 4 is 41.1 Å². The fourth-order valence-electron chi connectivity index (χ4n) is 1.91. The first-order valence-electron chi connectivity index (χ1n) is 7.91.